The van der Waals surface area contributed by atoms with Crippen LogP contribution in [0.5, 0.6) is 0 Å². The second kappa shape index (κ2) is 5.05. The standard InChI is InChI=1S/C12H8F2INO/c13-8-1-2-10(11(15)4-8)12(17)7-3-9(14)6-16-5-7/h1-6,12,17H. The maximum atomic E-state index is 13.0. The third-order valence-electron chi connectivity index (χ3n) is 2.30. The van der Waals surface area contributed by atoms with Crippen molar-refractivity contribution < 1.29 is 13.9 Å². The van der Waals surface area contributed by atoms with Crippen LogP contribution in [0.4, 0.5) is 8.78 Å². The van der Waals surface area contributed by atoms with Crippen LogP contribution in [0, 0.1) is 15.2 Å². The van der Waals surface area contributed by atoms with Gasteiger partial charge in [0.15, 0.2) is 0 Å². The highest BCUT2D eigenvalue weighted by Crippen LogP contribution is 2.26. The predicted molar refractivity (Wildman–Crippen MR) is 67.4 cm³/mol. The highest BCUT2D eigenvalue weighted by atomic mass is 127. The number of benzene rings is 1. The van der Waals surface area contributed by atoms with Crippen molar-refractivity contribution in [1.29, 1.82) is 0 Å². The molecule has 1 atom stereocenters. The summed E-state index contributed by atoms with van der Waals surface area (Å²) in [5.74, 6) is -0.888. The monoisotopic (exact) mass is 347 g/mol. The number of pyridine rings is 1. The molecule has 2 aromatic rings. The molecule has 0 radical (unpaired) electrons. The molecule has 0 spiro atoms. The highest BCUT2D eigenvalue weighted by Gasteiger charge is 2.15. The van der Waals surface area contributed by atoms with Crippen LogP contribution in [-0.4, -0.2) is 10.1 Å². The second-order valence-electron chi connectivity index (χ2n) is 3.50. The Balaban J connectivity index is 2.40. The Kier molecular flexibility index (Phi) is 3.68. The zero-order chi connectivity index (χ0) is 12.4. The molecule has 0 aliphatic rings. The molecule has 1 N–H and O–H groups in total. The van der Waals surface area contributed by atoms with Crippen LogP contribution in [0.3, 0.4) is 0 Å². The number of halogens is 3. The van der Waals surface area contributed by atoms with Crippen LogP contribution in [0.2, 0.25) is 0 Å². The normalized spacial score (nSPS) is 12.5. The molecule has 0 aliphatic carbocycles. The molecule has 17 heavy (non-hydrogen) atoms. The average molecular weight is 347 g/mol. The fraction of sp³-hybridized carbons (Fsp3) is 0.0833. The molecular formula is C12H8F2INO. The lowest BCUT2D eigenvalue weighted by molar-refractivity contribution is 0.218. The largest absolute Gasteiger partial charge is 0.384 e. The van der Waals surface area contributed by atoms with E-state index in [1.165, 1.54) is 30.5 Å². The molecule has 0 saturated carbocycles. The third-order valence-corrected chi connectivity index (χ3v) is 3.23. The molecule has 0 saturated heterocycles. The van der Waals surface area contributed by atoms with Crippen molar-refractivity contribution in [2.45, 2.75) is 6.10 Å². The quantitative estimate of drug-likeness (QED) is 0.848. The molecule has 5 heteroatoms. The summed E-state index contributed by atoms with van der Waals surface area (Å²) >= 11 is 1.92. The van der Waals surface area contributed by atoms with E-state index in [9.17, 15) is 13.9 Å². The number of aliphatic hydroxyl groups excluding tert-OH is 1. The number of aliphatic hydroxyl groups is 1. The summed E-state index contributed by atoms with van der Waals surface area (Å²) < 4.78 is 26.5. The lowest BCUT2D eigenvalue weighted by Gasteiger charge is -2.12. The van der Waals surface area contributed by atoms with Crippen molar-refractivity contribution in [2.75, 3.05) is 0 Å². The Morgan fingerprint density at radius 2 is 1.88 bits per heavy atom. The van der Waals surface area contributed by atoms with Gasteiger partial charge in [0.1, 0.15) is 17.7 Å². The van der Waals surface area contributed by atoms with Gasteiger partial charge in [0, 0.05) is 15.3 Å². The maximum absolute atomic E-state index is 13.0. The van der Waals surface area contributed by atoms with Gasteiger partial charge in [0.25, 0.3) is 0 Å². The molecule has 1 unspecified atom stereocenters. The summed E-state index contributed by atoms with van der Waals surface area (Å²) in [6.07, 6.45) is 1.43. The van der Waals surface area contributed by atoms with Crippen LogP contribution in [0.25, 0.3) is 0 Å². The van der Waals surface area contributed by atoms with E-state index >= 15 is 0 Å². The van der Waals surface area contributed by atoms with Crippen LogP contribution in [-0.2, 0) is 0 Å². The SMILES string of the molecule is OC(c1cncc(F)c1)c1ccc(F)cc1I. The highest BCUT2D eigenvalue weighted by molar-refractivity contribution is 14.1. The molecule has 2 rings (SSSR count). The Morgan fingerprint density at radius 1 is 1.12 bits per heavy atom. The Bertz CT molecular complexity index is 548. The number of aromatic nitrogens is 1. The first kappa shape index (κ1) is 12.4. The van der Waals surface area contributed by atoms with E-state index in [1.54, 1.807) is 0 Å². The molecule has 88 valence electrons. The molecule has 0 bridgehead atoms. The predicted octanol–water partition coefficient (Wildman–Crippen LogP) is 3.05. The topological polar surface area (TPSA) is 33.1 Å². The van der Waals surface area contributed by atoms with Crippen LogP contribution < -0.4 is 0 Å². The van der Waals surface area contributed by atoms with E-state index in [-0.39, 0.29) is 5.82 Å². The molecule has 1 aromatic carbocycles. The van der Waals surface area contributed by atoms with Gasteiger partial charge in [0.2, 0.25) is 0 Å². The molecule has 2 nitrogen and oxygen atoms in total. The van der Waals surface area contributed by atoms with Crippen molar-refractivity contribution in [3.63, 3.8) is 0 Å². The molecule has 0 amide bonds. The van der Waals surface area contributed by atoms with Gasteiger partial charge in [-0.3, -0.25) is 4.98 Å². The average Bonchev–Trinajstić information content (AvgIpc) is 2.28. The first-order valence-electron chi connectivity index (χ1n) is 4.81. The molecular weight excluding hydrogens is 339 g/mol. The summed E-state index contributed by atoms with van der Waals surface area (Å²) in [6.45, 7) is 0. The van der Waals surface area contributed by atoms with Crippen LogP contribution in [0.15, 0.2) is 36.7 Å². The maximum Gasteiger partial charge on any atom is 0.141 e. The van der Waals surface area contributed by atoms with Gasteiger partial charge >= 0.3 is 0 Å². The summed E-state index contributed by atoms with van der Waals surface area (Å²) in [4.78, 5) is 3.67. The van der Waals surface area contributed by atoms with Gasteiger partial charge in [-0.05, 0) is 46.4 Å². The van der Waals surface area contributed by atoms with E-state index in [2.05, 4.69) is 4.98 Å². The molecule has 1 aromatic heterocycles. The number of hydrogen-bond donors (Lipinski definition) is 1. The van der Waals surface area contributed by atoms with Gasteiger partial charge in [-0.1, -0.05) is 6.07 Å². The Hall–Kier alpha value is -1.08. The van der Waals surface area contributed by atoms with Gasteiger partial charge in [-0.15, -0.1) is 0 Å². The van der Waals surface area contributed by atoms with Crippen LogP contribution >= 0.6 is 22.6 Å². The molecule has 0 fully saturated rings. The van der Waals surface area contributed by atoms with E-state index in [4.69, 9.17) is 0 Å². The minimum atomic E-state index is -1.01. The van der Waals surface area contributed by atoms with Gasteiger partial charge in [0.05, 0.1) is 6.20 Å². The zero-order valence-corrected chi connectivity index (χ0v) is 10.7. The zero-order valence-electron chi connectivity index (χ0n) is 8.57. The summed E-state index contributed by atoms with van der Waals surface area (Å²) in [5.41, 5.74) is 0.869. The number of hydrogen-bond acceptors (Lipinski definition) is 2. The van der Waals surface area contributed by atoms with Crippen molar-refractivity contribution >= 4 is 22.6 Å². The van der Waals surface area contributed by atoms with Crippen molar-refractivity contribution in [3.05, 3.63) is 63.0 Å². The lowest BCUT2D eigenvalue weighted by atomic mass is 10.0. The number of nitrogens with zero attached hydrogens (tertiary/aromatic N) is 1. The molecule has 0 aliphatic heterocycles. The van der Waals surface area contributed by atoms with Crippen LogP contribution in [0.1, 0.15) is 17.2 Å². The van der Waals surface area contributed by atoms with Crippen molar-refractivity contribution in [1.82, 2.24) is 4.98 Å². The van der Waals surface area contributed by atoms with E-state index in [1.807, 2.05) is 22.6 Å². The first-order chi connectivity index (χ1) is 8.08. The third kappa shape index (κ3) is 2.78. The first-order valence-corrected chi connectivity index (χ1v) is 5.89. The van der Waals surface area contributed by atoms with Crippen molar-refractivity contribution in [2.24, 2.45) is 0 Å². The fourth-order valence-electron chi connectivity index (χ4n) is 1.48. The minimum absolute atomic E-state index is 0.342. The minimum Gasteiger partial charge on any atom is -0.384 e. The van der Waals surface area contributed by atoms with Gasteiger partial charge in [-0.2, -0.15) is 0 Å². The van der Waals surface area contributed by atoms with Crippen molar-refractivity contribution in [3.8, 4) is 0 Å². The van der Waals surface area contributed by atoms with E-state index in [0.717, 1.165) is 6.20 Å². The summed E-state index contributed by atoms with van der Waals surface area (Å²) in [5, 5.41) is 10.1. The summed E-state index contributed by atoms with van der Waals surface area (Å²) in [6, 6.07) is 5.25. The smallest absolute Gasteiger partial charge is 0.141 e. The second-order valence-corrected chi connectivity index (χ2v) is 4.67. The number of rotatable bonds is 2. The van der Waals surface area contributed by atoms with E-state index in [0.29, 0.717) is 14.7 Å². The lowest BCUT2D eigenvalue weighted by Crippen LogP contribution is -2.03. The van der Waals surface area contributed by atoms with Gasteiger partial charge < -0.3 is 5.11 Å². The van der Waals surface area contributed by atoms with E-state index < -0.39 is 11.9 Å². The molecule has 1 heterocycles. The Morgan fingerprint density at radius 3 is 2.53 bits per heavy atom. The van der Waals surface area contributed by atoms with Gasteiger partial charge in [-0.25, -0.2) is 8.78 Å². The fourth-order valence-corrected chi connectivity index (χ4v) is 2.25. The Labute approximate surface area is 110 Å². The summed E-state index contributed by atoms with van der Waals surface area (Å²) in [7, 11) is 0.